The summed E-state index contributed by atoms with van der Waals surface area (Å²) >= 11 is 0. The number of furan rings is 1. The predicted octanol–water partition coefficient (Wildman–Crippen LogP) is 2.61. The van der Waals surface area contributed by atoms with Crippen LogP contribution >= 0.6 is 0 Å². The maximum Gasteiger partial charge on any atom is 0.109 e. The summed E-state index contributed by atoms with van der Waals surface area (Å²) in [4.78, 5) is 0. The fourth-order valence-electron chi connectivity index (χ4n) is 2.09. The minimum Gasteiger partial charge on any atom is -0.469 e. The first-order valence-corrected chi connectivity index (χ1v) is 5.00. The normalized spacial score (nSPS) is 29.1. The molecule has 0 radical (unpaired) electrons. The van der Waals surface area contributed by atoms with Gasteiger partial charge in [-0.1, -0.05) is 12.8 Å². The van der Waals surface area contributed by atoms with Crippen LogP contribution in [0, 0.1) is 6.92 Å². The molecule has 2 nitrogen and oxygen atoms in total. The molecule has 1 heterocycles. The summed E-state index contributed by atoms with van der Waals surface area (Å²) in [6.45, 7) is 2.02. The van der Waals surface area contributed by atoms with Crippen molar-refractivity contribution < 1.29 is 9.52 Å². The molecule has 2 rings (SSSR count). The van der Waals surface area contributed by atoms with Crippen LogP contribution in [0.3, 0.4) is 0 Å². The Hall–Kier alpha value is -0.760. The van der Waals surface area contributed by atoms with Crippen molar-refractivity contribution in [1.82, 2.24) is 0 Å². The van der Waals surface area contributed by atoms with Gasteiger partial charge in [-0.05, 0) is 31.4 Å². The lowest BCUT2D eigenvalue weighted by molar-refractivity contribution is 0.0965. The van der Waals surface area contributed by atoms with Crippen LogP contribution in [0.15, 0.2) is 16.7 Å². The van der Waals surface area contributed by atoms with Gasteiger partial charge in [-0.3, -0.25) is 0 Å². The van der Waals surface area contributed by atoms with Gasteiger partial charge < -0.3 is 9.52 Å². The molecule has 0 saturated heterocycles. The Kier molecular flexibility index (Phi) is 2.40. The van der Waals surface area contributed by atoms with Crippen molar-refractivity contribution in [3.05, 3.63) is 23.7 Å². The number of aliphatic hydroxyl groups excluding tert-OH is 1. The van der Waals surface area contributed by atoms with E-state index >= 15 is 0 Å². The first-order chi connectivity index (χ1) is 6.27. The van der Waals surface area contributed by atoms with E-state index in [9.17, 15) is 5.11 Å². The van der Waals surface area contributed by atoms with Crippen molar-refractivity contribution in [3.8, 4) is 0 Å². The first kappa shape index (κ1) is 8.82. The van der Waals surface area contributed by atoms with Crippen LogP contribution in [-0.4, -0.2) is 11.2 Å². The monoisotopic (exact) mass is 180 g/mol. The van der Waals surface area contributed by atoms with Gasteiger partial charge in [0.15, 0.2) is 0 Å². The molecular weight excluding hydrogens is 164 g/mol. The third-order valence-electron chi connectivity index (χ3n) is 2.85. The van der Waals surface area contributed by atoms with Gasteiger partial charge in [0, 0.05) is 5.92 Å². The Morgan fingerprint density at radius 2 is 2.15 bits per heavy atom. The molecule has 1 fully saturated rings. The van der Waals surface area contributed by atoms with Crippen LogP contribution in [-0.2, 0) is 0 Å². The zero-order valence-corrected chi connectivity index (χ0v) is 7.99. The molecule has 1 aliphatic rings. The van der Waals surface area contributed by atoms with Crippen LogP contribution in [0.5, 0.6) is 0 Å². The van der Waals surface area contributed by atoms with E-state index in [0.717, 1.165) is 30.6 Å². The molecule has 0 aliphatic heterocycles. The summed E-state index contributed by atoms with van der Waals surface area (Å²) in [5, 5.41) is 9.77. The smallest absolute Gasteiger partial charge is 0.109 e. The van der Waals surface area contributed by atoms with Gasteiger partial charge in [0.1, 0.15) is 5.76 Å². The molecule has 1 aromatic heterocycles. The van der Waals surface area contributed by atoms with Gasteiger partial charge in [-0.2, -0.15) is 0 Å². The largest absolute Gasteiger partial charge is 0.469 e. The van der Waals surface area contributed by atoms with Crippen LogP contribution in [0.4, 0.5) is 0 Å². The van der Waals surface area contributed by atoms with E-state index in [1.54, 1.807) is 6.26 Å². The third-order valence-corrected chi connectivity index (χ3v) is 2.85. The van der Waals surface area contributed by atoms with Gasteiger partial charge in [0.05, 0.1) is 12.4 Å². The van der Waals surface area contributed by atoms with Gasteiger partial charge >= 0.3 is 0 Å². The van der Waals surface area contributed by atoms with Gasteiger partial charge in [-0.15, -0.1) is 0 Å². The SMILES string of the molecule is Cc1coc(C2CCCCC2O)c1. The predicted molar refractivity (Wildman–Crippen MR) is 50.7 cm³/mol. The maximum absolute atomic E-state index is 9.77. The van der Waals surface area contributed by atoms with Gasteiger partial charge in [-0.25, -0.2) is 0 Å². The molecule has 0 amide bonds. The Balaban J connectivity index is 2.14. The average molecular weight is 180 g/mol. The fourth-order valence-corrected chi connectivity index (χ4v) is 2.09. The van der Waals surface area contributed by atoms with Crippen LogP contribution in [0.25, 0.3) is 0 Å². The zero-order valence-electron chi connectivity index (χ0n) is 7.99. The Bertz CT molecular complexity index is 277. The molecule has 1 saturated carbocycles. The molecule has 2 atom stereocenters. The van der Waals surface area contributed by atoms with Crippen molar-refractivity contribution in [2.45, 2.75) is 44.6 Å². The third kappa shape index (κ3) is 1.78. The summed E-state index contributed by atoms with van der Waals surface area (Å²) in [6.07, 6.45) is 5.91. The Morgan fingerprint density at radius 3 is 2.77 bits per heavy atom. The number of rotatable bonds is 1. The highest BCUT2D eigenvalue weighted by molar-refractivity contribution is 5.15. The van der Waals surface area contributed by atoms with E-state index in [4.69, 9.17) is 4.42 Å². The van der Waals surface area contributed by atoms with Crippen molar-refractivity contribution in [2.75, 3.05) is 0 Å². The summed E-state index contributed by atoms with van der Waals surface area (Å²) in [7, 11) is 0. The fraction of sp³-hybridized carbons (Fsp3) is 0.636. The molecule has 1 aliphatic carbocycles. The number of aryl methyl sites for hydroxylation is 1. The molecule has 13 heavy (non-hydrogen) atoms. The molecular formula is C11H16O2. The van der Waals surface area contributed by atoms with Crippen molar-refractivity contribution in [1.29, 1.82) is 0 Å². The second kappa shape index (κ2) is 3.54. The minimum absolute atomic E-state index is 0.195. The molecule has 2 heteroatoms. The molecule has 1 N–H and O–H groups in total. The summed E-state index contributed by atoms with van der Waals surface area (Å²) in [5.41, 5.74) is 1.15. The van der Waals surface area contributed by atoms with E-state index < -0.39 is 0 Å². The number of aliphatic hydroxyl groups is 1. The van der Waals surface area contributed by atoms with E-state index in [1.807, 2.05) is 13.0 Å². The second-order valence-electron chi connectivity index (χ2n) is 3.98. The van der Waals surface area contributed by atoms with Gasteiger partial charge in [0.25, 0.3) is 0 Å². The highest BCUT2D eigenvalue weighted by Crippen LogP contribution is 2.33. The summed E-state index contributed by atoms with van der Waals surface area (Å²) < 4.78 is 5.41. The zero-order chi connectivity index (χ0) is 9.26. The topological polar surface area (TPSA) is 33.4 Å². The highest BCUT2D eigenvalue weighted by atomic mass is 16.3. The van der Waals surface area contributed by atoms with Crippen LogP contribution in [0.1, 0.15) is 42.9 Å². The Morgan fingerprint density at radius 1 is 1.38 bits per heavy atom. The average Bonchev–Trinajstić information content (AvgIpc) is 2.53. The lowest BCUT2D eigenvalue weighted by Gasteiger charge is -2.25. The molecule has 0 aromatic carbocycles. The maximum atomic E-state index is 9.77. The first-order valence-electron chi connectivity index (χ1n) is 5.00. The molecule has 1 aromatic rings. The number of hydrogen-bond donors (Lipinski definition) is 1. The Labute approximate surface area is 78.6 Å². The second-order valence-corrected chi connectivity index (χ2v) is 3.98. The van der Waals surface area contributed by atoms with E-state index in [0.29, 0.717) is 0 Å². The summed E-state index contributed by atoms with van der Waals surface area (Å²) in [5.74, 6) is 1.20. The molecule has 0 bridgehead atoms. The molecule has 0 spiro atoms. The molecule has 2 unspecified atom stereocenters. The van der Waals surface area contributed by atoms with E-state index in [-0.39, 0.29) is 12.0 Å². The van der Waals surface area contributed by atoms with E-state index in [1.165, 1.54) is 6.42 Å². The number of hydrogen-bond acceptors (Lipinski definition) is 2. The minimum atomic E-state index is -0.195. The quantitative estimate of drug-likeness (QED) is 0.720. The van der Waals surface area contributed by atoms with E-state index in [2.05, 4.69) is 0 Å². The standard InChI is InChI=1S/C11H16O2/c1-8-6-11(13-7-8)9-4-2-3-5-10(9)12/h6-7,9-10,12H,2-5H2,1H3. The lowest BCUT2D eigenvalue weighted by atomic mass is 9.85. The van der Waals surface area contributed by atoms with Crippen LogP contribution in [0.2, 0.25) is 0 Å². The lowest BCUT2D eigenvalue weighted by Crippen LogP contribution is -2.21. The van der Waals surface area contributed by atoms with Crippen molar-refractivity contribution >= 4 is 0 Å². The summed E-state index contributed by atoms with van der Waals surface area (Å²) in [6, 6.07) is 2.04. The van der Waals surface area contributed by atoms with Gasteiger partial charge in [0.2, 0.25) is 0 Å². The highest BCUT2D eigenvalue weighted by Gasteiger charge is 2.26. The van der Waals surface area contributed by atoms with Crippen molar-refractivity contribution in [3.63, 3.8) is 0 Å². The molecule has 72 valence electrons. The van der Waals surface area contributed by atoms with Crippen LogP contribution < -0.4 is 0 Å². The van der Waals surface area contributed by atoms with Crippen molar-refractivity contribution in [2.24, 2.45) is 0 Å².